The second-order valence-electron chi connectivity index (χ2n) is 2.88. The maximum atomic E-state index is 12.3. The first kappa shape index (κ1) is 10.0. The van der Waals surface area contributed by atoms with Gasteiger partial charge in [-0.05, 0) is 19.4 Å². The Morgan fingerprint density at radius 3 is 2.62 bits per heavy atom. The van der Waals surface area contributed by atoms with Gasteiger partial charge in [-0.25, -0.2) is 18.7 Å². The lowest BCUT2D eigenvalue weighted by molar-refractivity contribution is 0.145. The van der Waals surface area contributed by atoms with Crippen LogP contribution in [0.15, 0.2) is 6.07 Å². The molecule has 0 spiro atoms. The van der Waals surface area contributed by atoms with Crippen LogP contribution in [-0.4, -0.2) is 9.97 Å². The molecule has 0 aliphatic rings. The summed E-state index contributed by atoms with van der Waals surface area (Å²) in [5, 5.41) is 0. The van der Waals surface area contributed by atoms with E-state index in [0.29, 0.717) is 11.5 Å². The average molecular weight is 186 g/mol. The van der Waals surface area contributed by atoms with Gasteiger partial charge in [0.1, 0.15) is 11.5 Å². The van der Waals surface area contributed by atoms with Crippen LogP contribution < -0.4 is 0 Å². The molecule has 0 saturated heterocycles. The Hall–Kier alpha value is -1.06. The largest absolute Gasteiger partial charge is 0.280 e. The zero-order valence-electron chi connectivity index (χ0n) is 7.72. The number of aromatic nitrogens is 2. The van der Waals surface area contributed by atoms with E-state index in [2.05, 4.69) is 9.97 Å². The molecule has 0 fully saturated rings. The third kappa shape index (κ3) is 2.72. The highest BCUT2D eigenvalue weighted by Crippen LogP contribution is 2.17. The van der Waals surface area contributed by atoms with Crippen molar-refractivity contribution in [2.45, 2.75) is 33.1 Å². The van der Waals surface area contributed by atoms with Crippen molar-refractivity contribution in [2.24, 2.45) is 0 Å². The van der Waals surface area contributed by atoms with Crippen molar-refractivity contribution in [3.63, 3.8) is 0 Å². The molecule has 0 unspecified atom stereocenters. The van der Waals surface area contributed by atoms with Crippen molar-refractivity contribution in [3.8, 4) is 0 Å². The first-order chi connectivity index (χ1) is 6.13. The van der Waals surface area contributed by atoms with E-state index in [1.54, 1.807) is 6.92 Å². The molecule has 1 heterocycles. The smallest absolute Gasteiger partial charge is 0.238 e. The van der Waals surface area contributed by atoms with Crippen molar-refractivity contribution in [3.05, 3.63) is 23.3 Å². The molecular weight excluding hydrogens is 174 g/mol. The summed E-state index contributed by atoms with van der Waals surface area (Å²) in [6.07, 6.45) is -0.875. The summed E-state index contributed by atoms with van der Waals surface area (Å²) in [7, 11) is 0. The Morgan fingerprint density at radius 1 is 1.38 bits per heavy atom. The molecule has 0 aromatic carbocycles. The minimum Gasteiger partial charge on any atom is -0.238 e. The summed E-state index contributed by atoms with van der Waals surface area (Å²) in [6, 6.07) is 1.38. The van der Waals surface area contributed by atoms with Gasteiger partial charge < -0.3 is 0 Å². The molecular formula is C9H12F2N2. The highest BCUT2D eigenvalue weighted by atomic mass is 19.3. The Morgan fingerprint density at radius 2 is 2.08 bits per heavy atom. The minimum absolute atomic E-state index is 0.170. The molecule has 2 nitrogen and oxygen atoms in total. The Balaban J connectivity index is 2.96. The first-order valence-electron chi connectivity index (χ1n) is 4.26. The predicted octanol–water partition coefficient (Wildman–Crippen LogP) is 2.68. The molecule has 0 atom stereocenters. The minimum atomic E-state index is -2.50. The Kier molecular flexibility index (Phi) is 3.28. The average Bonchev–Trinajstić information content (AvgIpc) is 2.03. The molecule has 0 saturated carbocycles. The number of nitrogens with zero attached hydrogens (tertiary/aromatic N) is 2. The lowest BCUT2D eigenvalue weighted by Crippen LogP contribution is -2.00. The summed E-state index contributed by atoms with van der Waals surface area (Å²) in [5.74, 6) is 0.418. The zero-order valence-corrected chi connectivity index (χ0v) is 7.72. The lowest BCUT2D eigenvalue weighted by atomic mass is 10.2. The van der Waals surface area contributed by atoms with E-state index < -0.39 is 6.43 Å². The zero-order chi connectivity index (χ0) is 9.84. The van der Waals surface area contributed by atoms with Gasteiger partial charge in [-0.1, -0.05) is 13.3 Å². The first-order valence-corrected chi connectivity index (χ1v) is 4.26. The van der Waals surface area contributed by atoms with Crippen LogP contribution in [-0.2, 0) is 6.42 Å². The van der Waals surface area contributed by atoms with Crippen LogP contribution in [0.5, 0.6) is 0 Å². The van der Waals surface area contributed by atoms with Crippen molar-refractivity contribution in [1.29, 1.82) is 0 Å². The number of rotatable bonds is 3. The van der Waals surface area contributed by atoms with E-state index >= 15 is 0 Å². The molecule has 1 aromatic rings. The van der Waals surface area contributed by atoms with E-state index in [1.807, 2.05) is 6.92 Å². The second-order valence-corrected chi connectivity index (χ2v) is 2.88. The van der Waals surface area contributed by atoms with Crippen molar-refractivity contribution in [2.75, 3.05) is 0 Å². The molecule has 0 aliphatic heterocycles. The van der Waals surface area contributed by atoms with E-state index in [-0.39, 0.29) is 5.69 Å². The fourth-order valence-electron chi connectivity index (χ4n) is 1.15. The van der Waals surface area contributed by atoms with Gasteiger partial charge in [0.2, 0.25) is 0 Å². The molecule has 0 radical (unpaired) electrons. The maximum absolute atomic E-state index is 12.3. The van der Waals surface area contributed by atoms with Gasteiger partial charge in [0.25, 0.3) is 6.43 Å². The molecule has 1 aromatic heterocycles. The van der Waals surface area contributed by atoms with Crippen LogP contribution >= 0.6 is 0 Å². The van der Waals surface area contributed by atoms with Gasteiger partial charge in [-0.2, -0.15) is 0 Å². The molecule has 0 bridgehead atoms. The van der Waals surface area contributed by atoms with Gasteiger partial charge >= 0.3 is 0 Å². The lowest BCUT2D eigenvalue weighted by Gasteiger charge is -2.03. The van der Waals surface area contributed by atoms with E-state index in [0.717, 1.165) is 12.8 Å². The van der Waals surface area contributed by atoms with Crippen molar-refractivity contribution < 1.29 is 8.78 Å². The second kappa shape index (κ2) is 4.25. The maximum Gasteiger partial charge on any atom is 0.280 e. The number of hydrogen-bond acceptors (Lipinski definition) is 2. The van der Waals surface area contributed by atoms with E-state index in [1.165, 1.54) is 6.07 Å². The molecule has 13 heavy (non-hydrogen) atoms. The highest BCUT2D eigenvalue weighted by Gasteiger charge is 2.10. The molecule has 4 heteroatoms. The molecule has 1 rings (SSSR count). The predicted molar refractivity (Wildman–Crippen MR) is 45.7 cm³/mol. The standard InChI is InChI=1S/C9H12F2N2/c1-3-4-7-5-8(9(10)11)13-6(2)12-7/h5,9H,3-4H2,1-2H3. The number of halogens is 2. The normalized spacial score (nSPS) is 10.8. The van der Waals surface area contributed by atoms with Crippen LogP contribution in [0.25, 0.3) is 0 Å². The highest BCUT2D eigenvalue weighted by molar-refractivity contribution is 5.12. The number of hydrogen-bond donors (Lipinski definition) is 0. The summed E-state index contributed by atoms with van der Waals surface area (Å²) in [6.45, 7) is 3.62. The summed E-state index contributed by atoms with van der Waals surface area (Å²) < 4.78 is 24.6. The topological polar surface area (TPSA) is 25.8 Å². The number of alkyl halides is 2. The van der Waals surface area contributed by atoms with E-state index in [4.69, 9.17) is 0 Å². The van der Waals surface area contributed by atoms with Crippen molar-refractivity contribution >= 4 is 0 Å². The fourth-order valence-corrected chi connectivity index (χ4v) is 1.15. The van der Waals surface area contributed by atoms with Gasteiger partial charge in [0.05, 0.1) is 0 Å². The summed E-state index contributed by atoms with van der Waals surface area (Å²) in [4.78, 5) is 7.72. The van der Waals surface area contributed by atoms with Crippen LogP contribution in [0.3, 0.4) is 0 Å². The number of aryl methyl sites for hydroxylation is 2. The van der Waals surface area contributed by atoms with Crippen LogP contribution in [0.4, 0.5) is 8.78 Å². The molecule has 0 N–H and O–H groups in total. The van der Waals surface area contributed by atoms with Gasteiger partial charge in [-0.3, -0.25) is 0 Å². The quantitative estimate of drug-likeness (QED) is 0.725. The summed E-state index contributed by atoms with van der Waals surface area (Å²) in [5.41, 5.74) is 0.529. The Bertz CT molecular complexity index is 287. The summed E-state index contributed by atoms with van der Waals surface area (Å²) >= 11 is 0. The fraction of sp³-hybridized carbons (Fsp3) is 0.556. The molecule has 72 valence electrons. The van der Waals surface area contributed by atoms with Crippen molar-refractivity contribution in [1.82, 2.24) is 9.97 Å². The SMILES string of the molecule is CCCc1cc(C(F)F)nc(C)n1. The Labute approximate surface area is 76.0 Å². The third-order valence-corrected chi connectivity index (χ3v) is 1.64. The van der Waals surface area contributed by atoms with Gasteiger partial charge in [0, 0.05) is 5.69 Å². The van der Waals surface area contributed by atoms with Crippen LogP contribution in [0.1, 0.15) is 37.0 Å². The molecule has 0 amide bonds. The molecule has 0 aliphatic carbocycles. The third-order valence-electron chi connectivity index (χ3n) is 1.64. The van der Waals surface area contributed by atoms with Gasteiger partial charge in [-0.15, -0.1) is 0 Å². The monoisotopic (exact) mass is 186 g/mol. The van der Waals surface area contributed by atoms with Crippen LogP contribution in [0.2, 0.25) is 0 Å². The van der Waals surface area contributed by atoms with Gasteiger partial charge in [0.15, 0.2) is 0 Å². The van der Waals surface area contributed by atoms with Crippen LogP contribution in [0, 0.1) is 6.92 Å². The van der Waals surface area contributed by atoms with E-state index in [9.17, 15) is 8.78 Å².